The molecule has 2 N–H and O–H groups in total. The molecule has 20 heavy (non-hydrogen) atoms. The molecule has 0 heterocycles. The van der Waals surface area contributed by atoms with Gasteiger partial charge in [-0.15, -0.1) is 0 Å². The molecule has 1 unspecified atom stereocenters. The predicted molar refractivity (Wildman–Crippen MR) is 85.5 cm³/mol. The van der Waals surface area contributed by atoms with Gasteiger partial charge in [0.1, 0.15) is 5.75 Å². The van der Waals surface area contributed by atoms with Gasteiger partial charge in [-0.2, -0.15) is 0 Å². The second-order valence-electron chi connectivity index (χ2n) is 6.01. The van der Waals surface area contributed by atoms with Crippen LogP contribution in [0.1, 0.15) is 57.1 Å². The van der Waals surface area contributed by atoms with Crippen molar-refractivity contribution in [1.29, 1.82) is 0 Å². The summed E-state index contributed by atoms with van der Waals surface area (Å²) in [5, 5.41) is 13.4. The van der Waals surface area contributed by atoms with Gasteiger partial charge in [-0.05, 0) is 32.9 Å². The van der Waals surface area contributed by atoms with Crippen molar-refractivity contribution in [1.82, 2.24) is 5.32 Å². The summed E-state index contributed by atoms with van der Waals surface area (Å²) in [5.41, 5.74) is 2.09. The zero-order chi connectivity index (χ0) is 14.5. The maximum Gasteiger partial charge on any atom is 0.122 e. The molecule has 1 aromatic carbocycles. The van der Waals surface area contributed by atoms with Gasteiger partial charge in [0.2, 0.25) is 0 Å². The van der Waals surface area contributed by atoms with E-state index in [1.165, 1.54) is 38.5 Å². The fourth-order valence-electron chi connectivity index (χ4n) is 3.13. The van der Waals surface area contributed by atoms with Crippen molar-refractivity contribution in [2.24, 2.45) is 0 Å². The van der Waals surface area contributed by atoms with Crippen LogP contribution >= 0.6 is 0 Å². The highest BCUT2D eigenvalue weighted by atomic mass is 16.3. The predicted octanol–water partition coefficient (Wildman–Crippen LogP) is 3.83. The Balaban J connectivity index is 2.13. The fourth-order valence-corrected chi connectivity index (χ4v) is 3.13. The number of benzene rings is 1. The zero-order valence-corrected chi connectivity index (χ0v) is 13.0. The smallest absolute Gasteiger partial charge is 0.122 e. The Labute approximate surface area is 123 Å². The lowest BCUT2D eigenvalue weighted by Gasteiger charge is -2.30. The van der Waals surface area contributed by atoms with Gasteiger partial charge < -0.3 is 15.3 Å². The first-order valence-electron chi connectivity index (χ1n) is 7.86. The Morgan fingerprint density at radius 2 is 1.85 bits per heavy atom. The van der Waals surface area contributed by atoms with Crippen LogP contribution in [0.2, 0.25) is 0 Å². The summed E-state index contributed by atoms with van der Waals surface area (Å²) in [6.07, 6.45) is 7.94. The van der Waals surface area contributed by atoms with Gasteiger partial charge in [0.15, 0.2) is 0 Å². The van der Waals surface area contributed by atoms with Crippen molar-refractivity contribution >= 4 is 5.69 Å². The first kappa shape index (κ1) is 15.2. The third-order valence-electron chi connectivity index (χ3n) is 4.69. The monoisotopic (exact) mass is 276 g/mol. The lowest BCUT2D eigenvalue weighted by Crippen LogP contribution is -2.31. The molecule has 1 fully saturated rings. The van der Waals surface area contributed by atoms with Gasteiger partial charge in [-0.25, -0.2) is 0 Å². The molecule has 1 aliphatic rings. The van der Waals surface area contributed by atoms with Crippen molar-refractivity contribution in [2.45, 2.75) is 57.5 Å². The number of rotatable bonds is 4. The molecule has 1 saturated carbocycles. The van der Waals surface area contributed by atoms with Crippen molar-refractivity contribution < 1.29 is 5.11 Å². The van der Waals surface area contributed by atoms with Gasteiger partial charge in [0.05, 0.1) is 0 Å². The molecule has 0 spiro atoms. The van der Waals surface area contributed by atoms with Crippen molar-refractivity contribution in [3.05, 3.63) is 23.8 Å². The number of hydrogen-bond donors (Lipinski definition) is 2. The molecule has 3 nitrogen and oxygen atoms in total. The molecule has 0 aliphatic heterocycles. The van der Waals surface area contributed by atoms with Gasteiger partial charge in [-0.3, -0.25) is 0 Å². The minimum absolute atomic E-state index is 0.173. The molecule has 0 aromatic heterocycles. The number of nitrogens with zero attached hydrogens (tertiary/aromatic N) is 1. The van der Waals surface area contributed by atoms with Gasteiger partial charge in [0.25, 0.3) is 0 Å². The topological polar surface area (TPSA) is 35.5 Å². The van der Waals surface area contributed by atoms with Crippen molar-refractivity contribution in [3.63, 3.8) is 0 Å². The molecule has 0 amide bonds. The van der Waals surface area contributed by atoms with Gasteiger partial charge in [-0.1, -0.05) is 31.7 Å². The average molecular weight is 276 g/mol. The highest BCUT2D eigenvalue weighted by molar-refractivity contribution is 5.54. The molecule has 1 aromatic rings. The van der Waals surface area contributed by atoms with Crippen LogP contribution in [0.25, 0.3) is 0 Å². The van der Waals surface area contributed by atoms with Crippen LogP contribution in [0.5, 0.6) is 5.75 Å². The summed E-state index contributed by atoms with van der Waals surface area (Å²) in [5.74, 6) is 0.393. The first-order chi connectivity index (χ1) is 9.63. The van der Waals surface area contributed by atoms with Crippen LogP contribution in [0.4, 0.5) is 5.69 Å². The summed E-state index contributed by atoms with van der Waals surface area (Å²) in [4.78, 5) is 2.35. The highest BCUT2D eigenvalue weighted by Crippen LogP contribution is 2.31. The number of phenolic OH excluding ortho intramolecular Hbond substituents is 1. The first-order valence-corrected chi connectivity index (χ1v) is 7.86. The summed E-state index contributed by atoms with van der Waals surface area (Å²) < 4.78 is 0. The molecule has 112 valence electrons. The Kier molecular flexibility index (Phi) is 5.30. The highest BCUT2D eigenvalue weighted by Gasteiger charge is 2.18. The van der Waals surface area contributed by atoms with E-state index in [0.717, 1.165) is 11.3 Å². The van der Waals surface area contributed by atoms with E-state index in [0.29, 0.717) is 11.8 Å². The number of hydrogen-bond acceptors (Lipinski definition) is 3. The molecule has 0 saturated heterocycles. The minimum atomic E-state index is 0.173. The summed E-state index contributed by atoms with van der Waals surface area (Å²) in [6.45, 7) is 2.06. The molecule has 1 atom stereocenters. The summed E-state index contributed by atoms with van der Waals surface area (Å²) >= 11 is 0. The van der Waals surface area contributed by atoms with E-state index < -0.39 is 0 Å². The van der Waals surface area contributed by atoms with Crippen LogP contribution < -0.4 is 10.2 Å². The Morgan fingerprint density at radius 1 is 1.20 bits per heavy atom. The molecule has 2 rings (SSSR count). The van der Waals surface area contributed by atoms with Crippen molar-refractivity contribution in [2.75, 3.05) is 19.0 Å². The Hall–Kier alpha value is -1.22. The number of anilines is 1. The number of nitrogens with one attached hydrogen (secondary N) is 1. The molecule has 0 bridgehead atoms. The average Bonchev–Trinajstić information content (AvgIpc) is 2.74. The van der Waals surface area contributed by atoms with E-state index >= 15 is 0 Å². The minimum Gasteiger partial charge on any atom is -0.508 e. The number of aromatic hydroxyl groups is 1. The van der Waals surface area contributed by atoms with Gasteiger partial charge >= 0.3 is 0 Å². The van der Waals surface area contributed by atoms with Crippen LogP contribution in [0, 0.1) is 0 Å². The summed E-state index contributed by atoms with van der Waals surface area (Å²) in [7, 11) is 4.07. The third-order valence-corrected chi connectivity index (χ3v) is 4.69. The lowest BCUT2D eigenvalue weighted by atomic mass is 10.0. The van der Waals surface area contributed by atoms with Crippen LogP contribution in [-0.2, 0) is 0 Å². The third kappa shape index (κ3) is 3.45. The normalized spacial score (nSPS) is 18.6. The Morgan fingerprint density at radius 3 is 2.40 bits per heavy atom. The quantitative estimate of drug-likeness (QED) is 0.820. The molecular formula is C17H28N2O. The van der Waals surface area contributed by atoms with E-state index in [4.69, 9.17) is 0 Å². The SMILES string of the molecule is CNC(C)c1ccc(N(C)C2CCCCCC2)cc1O. The molecule has 1 aliphatic carbocycles. The number of phenols is 1. The lowest BCUT2D eigenvalue weighted by molar-refractivity contribution is 0.457. The second-order valence-corrected chi connectivity index (χ2v) is 6.01. The van der Waals surface area contributed by atoms with Crippen LogP contribution in [0.15, 0.2) is 18.2 Å². The zero-order valence-electron chi connectivity index (χ0n) is 13.0. The molecule has 0 radical (unpaired) electrons. The van der Waals surface area contributed by atoms with E-state index in [9.17, 15) is 5.11 Å². The summed E-state index contributed by atoms with van der Waals surface area (Å²) in [6, 6.07) is 6.87. The maximum atomic E-state index is 10.2. The largest absolute Gasteiger partial charge is 0.508 e. The van der Waals surface area contributed by atoms with E-state index in [1.54, 1.807) is 0 Å². The van der Waals surface area contributed by atoms with E-state index in [1.807, 2.05) is 19.2 Å². The molecule has 3 heteroatoms. The standard InChI is InChI=1S/C17H28N2O/c1-13(18-2)16-11-10-15(12-17(16)20)19(3)14-8-6-4-5-7-9-14/h10-14,18,20H,4-9H2,1-3H3. The second kappa shape index (κ2) is 6.98. The van der Waals surface area contributed by atoms with Crippen LogP contribution in [0.3, 0.4) is 0 Å². The van der Waals surface area contributed by atoms with Crippen LogP contribution in [-0.4, -0.2) is 25.2 Å². The molecular weight excluding hydrogens is 248 g/mol. The maximum absolute atomic E-state index is 10.2. The van der Waals surface area contributed by atoms with E-state index in [2.05, 4.69) is 30.3 Å². The van der Waals surface area contributed by atoms with Gasteiger partial charge in [0, 0.05) is 36.4 Å². The van der Waals surface area contributed by atoms with E-state index in [-0.39, 0.29) is 6.04 Å². The Bertz CT molecular complexity index is 425. The fraction of sp³-hybridized carbons (Fsp3) is 0.647. The van der Waals surface area contributed by atoms with Crippen molar-refractivity contribution in [3.8, 4) is 5.75 Å².